The third-order valence-electron chi connectivity index (χ3n) is 3.36. The highest BCUT2D eigenvalue weighted by Gasteiger charge is 2.18. The van der Waals surface area contributed by atoms with E-state index in [0.717, 1.165) is 5.56 Å². The van der Waals surface area contributed by atoms with Gasteiger partial charge in [0.25, 0.3) is 5.91 Å². The van der Waals surface area contributed by atoms with E-state index in [1.165, 1.54) is 37.4 Å². The molecule has 0 aromatic heterocycles. The van der Waals surface area contributed by atoms with Crippen LogP contribution in [0.3, 0.4) is 0 Å². The smallest absolute Gasteiger partial charge is 0.347 e. The summed E-state index contributed by atoms with van der Waals surface area (Å²) in [7, 11) is 1.57. The van der Waals surface area contributed by atoms with Crippen LogP contribution < -0.4 is 10.1 Å². The molecule has 27 heavy (non-hydrogen) atoms. The zero-order valence-corrected chi connectivity index (χ0v) is 14.8. The van der Waals surface area contributed by atoms with Gasteiger partial charge in [-0.15, -0.1) is 0 Å². The molecule has 0 aliphatic rings. The van der Waals surface area contributed by atoms with Gasteiger partial charge in [-0.05, 0) is 61.0 Å². The number of oxime groups is 1. The third-order valence-corrected chi connectivity index (χ3v) is 3.36. The Morgan fingerprint density at radius 2 is 1.81 bits per heavy atom. The lowest BCUT2D eigenvalue weighted by atomic mass is 10.2. The summed E-state index contributed by atoms with van der Waals surface area (Å²) in [5, 5.41) is 6.17. The van der Waals surface area contributed by atoms with Gasteiger partial charge in [0, 0.05) is 5.69 Å². The largest absolute Gasteiger partial charge is 0.497 e. The number of carbonyl (C=O) groups excluding carboxylic acids is 2. The number of nitrogens with zero attached hydrogens (tertiary/aromatic N) is 1. The van der Waals surface area contributed by atoms with E-state index in [1.54, 1.807) is 31.4 Å². The van der Waals surface area contributed by atoms with Crippen LogP contribution in [0.25, 0.3) is 0 Å². The Hall–Kier alpha value is -3.42. The van der Waals surface area contributed by atoms with Crippen molar-refractivity contribution in [3.63, 3.8) is 0 Å². The summed E-state index contributed by atoms with van der Waals surface area (Å²) in [4.78, 5) is 28.5. The van der Waals surface area contributed by atoms with Crippen molar-refractivity contribution >= 4 is 23.8 Å². The lowest BCUT2D eigenvalue weighted by Gasteiger charge is -2.13. The van der Waals surface area contributed by atoms with Crippen LogP contribution in [0.1, 0.15) is 12.5 Å². The summed E-state index contributed by atoms with van der Waals surface area (Å²) in [5.41, 5.74) is 1.15. The molecule has 1 amide bonds. The van der Waals surface area contributed by atoms with E-state index >= 15 is 0 Å². The van der Waals surface area contributed by atoms with Crippen molar-refractivity contribution < 1.29 is 28.3 Å². The minimum Gasteiger partial charge on any atom is -0.497 e. The Labute approximate surface area is 155 Å². The van der Waals surface area contributed by atoms with Crippen LogP contribution in [0.5, 0.6) is 5.75 Å². The molecule has 2 aromatic rings. The third kappa shape index (κ3) is 6.77. The Balaban J connectivity index is 1.72. The van der Waals surface area contributed by atoms with Gasteiger partial charge in [-0.3, -0.25) is 4.79 Å². The highest BCUT2D eigenvalue weighted by Crippen LogP contribution is 2.10. The molecule has 0 heterocycles. The average Bonchev–Trinajstić information content (AvgIpc) is 2.67. The van der Waals surface area contributed by atoms with Gasteiger partial charge in [-0.25, -0.2) is 9.18 Å². The molecule has 0 unspecified atom stereocenters. The number of amides is 1. The quantitative estimate of drug-likeness (QED) is 0.436. The Bertz CT molecular complexity index is 791. The van der Waals surface area contributed by atoms with E-state index in [2.05, 4.69) is 10.5 Å². The van der Waals surface area contributed by atoms with Crippen molar-refractivity contribution in [2.75, 3.05) is 19.0 Å². The molecule has 0 saturated heterocycles. The van der Waals surface area contributed by atoms with Crippen LogP contribution in [0.2, 0.25) is 0 Å². The molecule has 1 atom stereocenters. The highest BCUT2D eigenvalue weighted by atomic mass is 19.1. The van der Waals surface area contributed by atoms with Gasteiger partial charge in [-0.2, -0.15) is 0 Å². The van der Waals surface area contributed by atoms with Gasteiger partial charge < -0.3 is 19.6 Å². The standard InChI is InChI=1S/C19H19FN2O5/c1-13(19(24)22-16-7-5-15(20)6-8-16)27-18(23)12-26-21-11-14-3-9-17(25-2)10-4-14/h3-11,13H,12H2,1-2H3,(H,22,24)/b21-11-/t13-/m0/s1. The second kappa shape index (κ2) is 9.91. The lowest BCUT2D eigenvalue weighted by molar-refractivity contribution is -0.157. The van der Waals surface area contributed by atoms with Crippen molar-refractivity contribution in [2.45, 2.75) is 13.0 Å². The summed E-state index contributed by atoms with van der Waals surface area (Å²) in [6.45, 7) is 0.970. The van der Waals surface area contributed by atoms with Crippen molar-refractivity contribution in [3.8, 4) is 5.75 Å². The summed E-state index contributed by atoms with van der Waals surface area (Å²) < 4.78 is 22.8. The first-order valence-corrected chi connectivity index (χ1v) is 8.03. The Morgan fingerprint density at radius 3 is 2.44 bits per heavy atom. The maximum Gasteiger partial charge on any atom is 0.347 e. The molecule has 0 radical (unpaired) electrons. The zero-order valence-electron chi connectivity index (χ0n) is 14.8. The highest BCUT2D eigenvalue weighted by molar-refractivity contribution is 5.95. The van der Waals surface area contributed by atoms with Crippen molar-refractivity contribution in [1.29, 1.82) is 0 Å². The van der Waals surface area contributed by atoms with Gasteiger partial charge in [0.05, 0.1) is 13.3 Å². The normalized spacial score (nSPS) is 11.7. The number of carbonyl (C=O) groups is 2. The predicted molar refractivity (Wildman–Crippen MR) is 97.1 cm³/mol. The molecular weight excluding hydrogens is 355 g/mol. The Morgan fingerprint density at radius 1 is 1.15 bits per heavy atom. The number of hydrogen-bond acceptors (Lipinski definition) is 6. The number of anilines is 1. The maximum atomic E-state index is 12.8. The molecule has 0 bridgehead atoms. The van der Waals surface area contributed by atoms with Crippen molar-refractivity contribution in [2.24, 2.45) is 5.16 Å². The minimum absolute atomic E-state index is 0.393. The fourth-order valence-electron chi connectivity index (χ4n) is 1.94. The molecule has 2 aromatic carbocycles. The SMILES string of the molecule is COc1ccc(/C=N\OCC(=O)O[C@@H](C)C(=O)Nc2ccc(F)cc2)cc1. The van der Waals surface area contributed by atoms with E-state index in [4.69, 9.17) is 14.3 Å². The van der Waals surface area contributed by atoms with E-state index in [0.29, 0.717) is 11.4 Å². The number of rotatable bonds is 8. The predicted octanol–water partition coefficient (Wildman–Crippen LogP) is 2.76. The van der Waals surface area contributed by atoms with Crippen LogP contribution in [-0.2, 0) is 19.2 Å². The zero-order chi connectivity index (χ0) is 19.6. The number of esters is 1. The number of nitrogens with one attached hydrogen (secondary N) is 1. The van der Waals surface area contributed by atoms with Crippen LogP contribution >= 0.6 is 0 Å². The summed E-state index contributed by atoms with van der Waals surface area (Å²) in [6, 6.07) is 12.3. The van der Waals surface area contributed by atoms with Crippen LogP contribution in [0, 0.1) is 5.82 Å². The van der Waals surface area contributed by atoms with E-state index < -0.39 is 30.4 Å². The minimum atomic E-state index is -1.04. The molecule has 0 fully saturated rings. The summed E-state index contributed by atoms with van der Waals surface area (Å²) in [5.74, 6) is -0.996. The van der Waals surface area contributed by atoms with Crippen LogP contribution in [0.15, 0.2) is 53.7 Å². The van der Waals surface area contributed by atoms with Gasteiger partial charge in [-0.1, -0.05) is 5.16 Å². The molecule has 7 nitrogen and oxygen atoms in total. The topological polar surface area (TPSA) is 86.2 Å². The number of halogens is 1. The van der Waals surface area contributed by atoms with Crippen LogP contribution in [0.4, 0.5) is 10.1 Å². The molecule has 0 aliphatic carbocycles. The first kappa shape index (κ1) is 19.9. The Kier molecular flexibility index (Phi) is 7.30. The molecule has 0 saturated carbocycles. The first-order valence-electron chi connectivity index (χ1n) is 8.03. The second-order valence-corrected chi connectivity index (χ2v) is 5.41. The number of hydrogen-bond donors (Lipinski definition) is 1. The molecule has 8 heteroatoms. The first-order chi connectivity index (χ1) is 13.0. The fraction of sp³-hybridized carbons (Fsp3) is 0.211. The van der Waals surface area contributed by atoms with Gasteiger partial charge in [0.1, 0.15) is 11.6 Å². The van der Waals surface area contributed by atoms with E-state index in [1.807, 2.05) is 0 Å². The molecule has 2 rings (SSSR count). The van der Waals surface area contributed by atoms with E-state index in [-0.39, 0.29) is 0 Å². The molecule has 1 N–H and O–H groups in total. The van der Waals surface area contributed by atoms with Crippen LogP contribution in [-0.4, -0.2) is 37.9 Å². The monoisotopic (exact) mass is 374 g/mol. The maximum absolute atomic E-state index is 12.8. The van der Waals surface area contributed by atoms with Gasteiger partial charge in [0.15, 0.2) is 6.10 Å². The molecule has 142 valence electrons. The molecule has 0 spiro atoms. The fourth-order valence-corrected chi connectivity index (χ4v) is 1.94. The lowest BCUT2D eigenvalue weighted by Crippen LogP contribution is -2.31. The summed E-state index contributed by atoms with van der Waals surface area (Å²) >= 11 is 0. The van der Waals surface area contributed by atoms with E-state index in [9.17, 15) is 14.0 Å². The average molecular weight is 374 g/mol. The van der Waals surface area contributed by atoms with Crippen molar-refractivity contribution in [3.05, 3.63) is 59.9 Å². The molecular formula is C19H19FN2O5. The number of methoxy groups -OCH3 is 1. The number of ether oxygens (including phenoxy) is 2. The second-order valence-electron chi connectivity index (χ2n) is 5.41. The van der Waals surface area contributed by atoms with Crippen molar-refractivity contribution in [1.82, 2.24) is 0 Å². The number of benzene rings is 2. The molecule has 0 aliphatic heterocycles. The van der Waals surface area contributed by atoms with Gasteiger partial charge >= 0.3 is 5.97 Å². The summed E-state index contributed by atoms with van der Waals surface area (Å²) in [6.07, 6.45) is 0.383. The van der Waals surface area contributed by atoms with Gasteiger partial charge in [0.2, 0.25) is 6.61 Å².